The van der Waals surface area contributed by atoms with Crippen molar-refractivity contribution in [2.24, 2.45) is 0 Å². The lowest BCUT2D eigenvalue weighted by atomic mass is 10.1. The number of sulfone groups is 1. The van der Waals surface area contributed by atoms with Gasteiger partial charge in [0.15, 0.2) is 9.84 Å². The summed E-state index contributed by atoms with van der Waals surface area (Å²) >= 11 is 0. The van der Waals surface area contributed by atoms with Gasteiger partial charge in [0.2, 0.25) is 0 Å². The van der Waals surface area contributed by atoms with E-state index in [0.717, 1.165) is 11.1 Å². The highest BCUT2D eigenvalue weighted by Gasteiger charge is 2.14. The molecule has 31 heavy (non-hydrogen) atoms. The number of benzene rings is 3. The Morgan fingerprint density at radius 1 is 0.677 bits per heavy atom. The molecule has 0 aromatic heterocycles. The van der Waals surface area contributed by atoms with Crippen LogP contribution in [0.2, 0.25) is 0 Å². The summed E-state index contributed by atoms with van der Waals surface area (Å²) in [7, 11) is -2.02. The van der Waals surface area contributed by atoms with E-state index < -0.39 is 21.8 Å². The number of ether oxygens (including phenoxy) is 2. The first kappa shape index (κ1) is 22.2. The normalized spacial score (nSPS) is 11.0. The highest BCUT2D eigenvalue weighted by molar-refractivity contribution is 7.89. The summed E-state index contributed by atoms with van der Waals surface area (Å²) in [5, 5.41) is 0. The van der Waals surface area contributed by atoms with Crippen LogP contribution in [-0.4, -0.2) is 27.5 Å². The van der Waals surface area contributed by atoms with Crippen molar-refractivity contribution in [2.75, 3.05) is 7.11 Å². The van der Waals surface area contributed by atoms with E-state index in [1.54, 1.807) is 72.8 Å². The molecule has 0 heterocycles. The Balaban J connectivity index is 1.55. The van der Waals surface area contributed by atoms with Gasteiger partial charge in [-0.2, -0.15) is 0 Å². The maximum atomic E-state index is 12.4. The quantitative estimate of drug-likeness (QED) is 0.495. The average Bonchev–Trinajstić information content (AvgIpc) is 2.78. The molecule has 3 aromatic carbocycles. The van der Waals surface area contributed by atoms with Gasteiger partial charge in [-0.25, -0.2) is 18.0 Å². The van der Waals surface area contributed by atoms with Gasteiger partial charge < -0.3 is 9.47 Å². The molecule has 160 valence electrons. The number of methoxy groups -OCH3 is 1. The molecule has 0 atom stereocenters. The topological polar surface area (TPSA) is 86.7 Å². The third kappa shape index (κ3) is 6.52. The molecule has 3 rings (SSSR count). The molecule has 0 aliphatic rings. The van der Waals surface area contributed by atoms with Gasteiger partial charge in [0, 0.05) is 0 Å². The van der Waals surface area contributed by atoms with Gasteiger partial charge in [0.05, 0.1) is 29.7 Å². The molecule has 0 aliphatic heterocycles. The molecule has 0 unspecified atom stereocenters. The molecule has 0 radical (unpaired) electrons. The minimum Gasteiger partial charge on any atom is -0.465 e. The van der Waals surface area contributed by atoms with Crippen molar-refractivity contribution < 1.29 is 27.5 Å². The van der Waals surface area contributed by atoms with E-state index >= 15 is 0 Å². The first-order valence-corrected chi connectivity index (χ1v) is 11.4. The third-order valence-electron chi connectivity index (χ3n) is 4.55. The standard InChI is InChI=1S/C24H22O6S/c1-29-23(25)21-11-7-18(8-12-21)15-30-24(26)22-13-9-20(10-14-22)17-31(27,28)16-19-5-3-2-4-6-19/h2-14H,15-17H2,1H3. The van der Waals surface area contributed by atoms with Crippen LogP contribution in [0.25, 0.3) is 0 Å². The Bertz CT molecular complexity index is 1130. The second-order valence-corrected chi connectivity index (χ2v) is 9.04. The smallest absolute Gasteiger partial charge is 0.338 e. The van der Waals surface area contributed by atoms with E-state index in [9.17, 15) is 18.0 Å². The number of carbonyl (C=O) groups is 2. The van der Waals surface area contributed by atoms with Crippen LogP contribution in [0.1, 0.15) is 37.4 Å². The van der Waals surface area contributed by atoms with Crippen molar-refractivity contribution in [1.29, 1.82) is 0 Å². The predicted molar refractivity (Wildman–Crippen MR) is 116 cm³/mol. The van der Waals surface area contributed by atoms with Crippen molar-refractivity contribution in [3.05, 3.63) is 107 Å². The Hall–Kier alpha value is -3.45. The third-order valence-corrected chi connectivity index (χ3v) is 6.10. The molecule has 0 bridgehead atoms. The fourth-order valence-electron chi connectivity index (χ4n) is 2.96. The minimum absolute atomic E-state index is 0.0353. The van der Waals surface area contributed by atoms with Crippen LogP contribution in [0, 0.1) is 0 Å². The highest BCUT2D eigenvalue weighted by Crippen LogP contribution is 2.15. The van der Waals surface area contributed by atoms with Crippen molar-refractivity contribution in [3.8, 4) is 0 Å². The summed E-state index contributed by atoms with van der Waals surface area (Å²) in [6.07, 6.45) is 0. The van der Waals surface area contributed by atoms with Gasteiger partial charge in [0.25, 0.3) is 0 Å². The highest BCUT2D eigenvalue weighted by atomic mass is 32.2. The van der Waals surface area contributed by atoms with Crippen LogP contribution in [-0.2, 0) is 37.4 Å². The molecule has 0 fully saturated rings. The maximum absolute atomic E-state index is 12.4. The summed E-state index contributed by atoms with van der Waals surface area (Å²) < 4.78 is 34.8. The van der Waals surface area contributed by atoms with Crippen molar-refractivity contribution in [3.63, 3.8) is 0 Å². The van der Waals surface area contributed by atoms with E-state index in [1.807, 2.05) is 6.07 Å². The molecule has 0 spiro atoms. The predicted octanol–water partition coefficient (Wildman–Crippen LogP) is 3.95. The van der Waals surface area contributed by atoms with Gasteiger partial charge in [0.1, 0.15) is 6.61 Å². The lowest BCUT2D eigenvalue weighted by Gasteiger charge is -2.08. The van der Waals surface area contributed by atoms with Crippen LogP contribution in [0.15, 0.2) is 78.9 Å². The fourth-order valence-corrected chi connectivity index (χ4v) is 4.46. The van der Waals surface area contributed by atoms with E-state index in [4.69, 9.17) is 4.74 Å². The monoisotopic (exact) mass is 438 g/mol. The van der Waals surface area contributed by atoms with E-state index in [2.05, 4.69) is 4.74 Å². The molecule has 3 aromatic rings. The molecule has 0 N–H and O–H groups in total. The first-order valence-electron chi connectivity index (χ1n) is 9.54. The number of carbonyl (C=O) groups excluding carboxylic acids is 2. The summed E-state index contributed by atoms with van der Waals surface area (Å²) in [4.78, 5) is 23.7. The number of hydrogen-bond acceptors (Lipinski definition) is 6. The van der Waals surface area contributed by atoms with E-state index in [-0.39, 0.29) is 18.1 Å². The summed E-state index contributed by atoms with van der Waals surface area (Å²) in [6.45, 7) is 0.0491. The van der Waals surface area contributed by atoms with E-state index in [1.165, 1.54) is 7.11 Å². The van der Waals surface area contributed by atoms with Crippen LogP contribution in [0.4, 0.5) is 0 Å². The Morgan fingerprint density at radius 2 is 1.16 bits per heavy atom. The van der Waals surface area contributed by atoms with E-state index in [0.29, 0.717) is 16.7 Å². The Labute approximate surface area is 181 Å². The zero-order valence-corrected chi connectivity index (χ0v) is 17.8. The summed E-state index contributed by atoms with van der Waals surface area (Å²) in [6, 6.07) is 21.9. The average molecular weight is 439 g/mol. The lowest BCUT2D eigenvalue weighted by molar-refractivity contribution is 0.0471. The second-order valence-electron chi connectivity index (χ2n) is 6.98. The Morgan fingerprint density at radius 3 is 1.71 bits per heavy atom. The lowest BCUT2D eigenvalue weighted by Crippen LogP contribution is -2.09. The molecule has 0 saturated heterocycles. The summed E-state index contributed by atoms with van der Waals surface area (Å²) in [5.41, 5.74) is 2.81. The first-order chi connectivity index (χ1) is 14.9. The Kier molecular flexibility index (Phi) is 7.20. The van der Waals surface area contributed by atoms with Gasteiger partial charge in [-0.3, -0.25) is 0 Å². The van der Waals surface area contributed by atoms with Crippen LogP contribution >= 0.6 is 0 Å². The number of esters is 2. The number of rotatable bonds is 8. The van der Waals surface area contributed by atoms with Gasteiger partial charge in [-0.15, -0.1) is 0 Å². The van der Waals surface area contributed by atoms with Crippen LogP contribution in [0.5, 0.6) is 0 Å². The van der Waals surface area contributed by atoms with Crippen LogP contribution < -0.4 is 0 Å². The molecule has 0 saturated carbocycles. The zero-order valence-electron chi connectivity index (χ0n) is 17.0. The largest absolute Gasteiger partial charge is 0.465 e. The van der Waals surface area contributed by atoms with Crippen molar-refractivity contribution in [2.45, 2.75) is 18.1 Å². The van der Waals surface area contributed by atoms with Gasteiger partial charge >= 0.3 is 11.9 Å². The molecule has 0 aliphatic carbocycles. The minimum atomic E-state index is -3.33. The molecular weight excluding hydrogens is 416 g/mol. The second kappa shape index (κ2) is 10.0. The van der Waals surface area contributed by atoms with Gasteiger partial charge in [-0.05, 0) is 41.0 Å². The molecule has 0 amide bonds. The van der Waals surface area contributed by atoms with Gasteiger partial charge in [-0.1, -0.05) is 54.6 Å². The molecular formula is C24H22O6S. The molecule has 6 nitrogen and oxygen atoms in total. The zero-order chi connectivity index (χ0) is 22.3. The summed E-state index contributed by atoms with van der Waals surface area (Å²) in [5.74, 6) is -1.10. The number of hydrogen-bond donors (Lipinski definition) is 0. The van der Waals surface area contributed by atoms with Crippen molar-refractivity contribution in [1.82, 2.24) is 0 Å². The maximum Gasteiger partial charge on any atom is 0.338 e. The molecule has 7 heteroatoms. The van der Waals surface area contributed by atoms with Crippen molar-refractivity contribution >= 4 is 21.8 Å². The van der Waals surface area contributed by atoms with Crippen LogP contribution in [0.3, 0.4) is 0 Å². The fraction of sp³-hybridized carbons (Fsp3) is 0.167. The SMILES string of the molecule is COC(=O)c1ccc(COC(=O)c2ccc(CS(=O)(=O)Cc3ccccc3)cc2)cc1.